The molecule has 5 heteroatoms. The summed E-state index contributed by atoms with van der Waals surface area (Å²) in [6, 6.07) is 11.0. The largest absolute Gasteiger partial charge is 0.484 e. The SMILES string of the molecule is NC1CCC(Oc2ccc(Cl)cc2)c2nc(Cl)ccc21. The van der Waals surface area contributed by atoms with Crippen molar-refractivity contribution in [3.05, 3.63) is 57.8 Å². The minimum atomic E-state index is -0.121. The van der Waals surface area contributed by atoms with E-state index in [1.54, 1.807) is 18.2 Å². The molecule has 0 bridgehead atoms. The molecule has 104 valence electrons. The third-order valence-corrected chi connectivity index (χ3v) is 3.92. The number of fused-ring (bicyclic) bond motifs is 1. The van der Waals surface area contributed by atoms with E-state index in [1.165, 1.54) is 0 Å². The third-order valence-electron chi connectivity index (χ3n) is 3.46. The quantitative estimate of drug-likeness (QED) is 0.841. The lowest BCUT2D eigenvalue weighted by molar-refractivity contribution is 0.172. The molecule has 0 saturated carbocycles. The molecule has 1 aromatic heterocycles. The van der Waals surface area contributed by atoms with Crippen LogP contribution in [0, 0.1) is 0 Å². The van der Waals surface area contributed by atoms with Crippen molar-refractivity contribution in [2.24, 2.45) is 5.73 Å². The molecule has 0 amide bonds. The van der Waals surface area contributed by atoms with Gasteiger partial charge in [-0.1, -0.05) is 29.3 Å². The van der Waals surface area contributed by atoms with Crippen LogP contribution in [-0.4, -0.2) is 4.98 Å². The molecule has 1 heterocycles. The van der Waals surface area contributed by atoms with Crippen LogP contribution in [0.15, 0.2) is 36.4 Å². The Morgan fingerprint density at radius 2 is 1.80 bits per heavy atom. The minimum absolute atomic E-state index is 0.000153. The fraction of sp³-hybridized carbons (Fsp3) is 0.267. The summed E-state index contributed by atoms with van der Waals surface area (Å²) in [5.74, 6) is 0.766. The zero-order chi connectivity index (χ0) is 14.1. The van der Waals surface area contributed by atoms with Crippen molar-refractivity contribution in [3.63, 3.8) is 0 Å². The van der Waals surface area contributed by atoms with E-state index in [0.717, 1.165) is 29.8 Å². The van der Waals surface area contributed by atoms with Gasteiger partial charge in [0.1, 0.15) is 17.0 Å². The van der Waals surface area contributed by atoms with Crippen molar-refractivity contribution in [1.29, 1.82) is 0 Å². The van der Waals surface area contributed by atoms with E-state index in [1.807, 2.05) is 18.2 Å². The first-order valence-corrected chi connectivity index (χ1v) is 7.23. The molecule has 0 fully saturated rings. The Kier molecular flexibility index (Phi) is 3.83. The number of ether oxygens (including phenoxy) is 1. The summed E-state index contributed by atoms with van der Waals surface area (Å²) in [6.45, 7) is 0. The highest BCUT2D eigenvalue weighted by Gasteiger charge is 2.28. The van der Waals surface area contributed by atoms with Gasteiger partial charge in [0.15, 0.2) is 0 Å². The number of rotatable bonds is 2. The summed E-state index contributed by atoms with van der Waals surface area (Å²) in [7, 11) is 0. The average molecular weight is 309 g/mol. The second-order valence-electron chi connectivity index (χ2n) is 4.85. The number of nitrogens with two attached hydrogens (primary N) is 1. The fourth-order valence-electron chi connectivity index (χ4n) is 2.45. The molecule has 0 spiro atoms. The Balaban J connectivity index is 1.90. The molecule has 0 saturated heterocycles. The number of pyridine rings is 1. The van der Waals surface area contributed by atoms with Crippen LogP contribution in [0.5, 0.6) is 5.75 Å². The Bertz CT molecular complexity index is 616. The van der Waals surface area contributed by atoms with Crippen molar-refractivity contribution in [2.75, 3.05) is 0 Å². The fourth-order valence-corrected chi connectivity index (χ4v) is 2.73. The van der Waals surface area contributed by atoms with Gasteiger partial charge in [0.25, 0.3) is 0 Å². The minimum Gasteiger partial charge on any atom is -0.484 e. The molecular weight excluding hydrogens is 295 g/mol. The molecule has 20 heavy (non-hydrogen) atoms. The molecule has 2 aromatic rings. The predicted octanol–water partition coefficient (Wildman–Crippen LogP) is 4.30. The van der Waals surface area contributed by atoms with Crippen LogP contribution in [0.4, 0.5) is 0 Å². The molecular formula is C15H14Cl2N2O. The molecule has 2 unspecified atom stereocenters. The average Bonchev–Trinajstić information content (AvgIpc) is 2.44. The van der Waals surface area contributed by atoms with Gasteiger partial charge in [0.05, 0.1) is 5.69 Å². The van der Waals surface area contributed by atoms with E-state index in [4.69, 9.17) is 33.7 Å². The van der Waals surface area contributed by atoms with Crippen molar-refractivity contribution < 1.29 is 4.74 Å². The van der Waals surface area contributed by atoms with Crippen LogP contribution in [-0.2, 0) is 0 Å². The van der Waals surface area contributed by atoms with Gasteiger partial charge in [-0.2, -0.15) is 0 Å². The van der Waals surface area contributed by atoms with Gasteiger partial charge in [0, 0.05) is 11.1 Å². The van der Waals surface area contributed by atoms with Crippen molar-refractivity contribution in [2.45, 2.75) is 25.0 Å². The van der Waals surface area contributed by atoms with Gasteiger partial charge in [-0.25, -0.2) is 4.98 Å². The van der Waals surface area contributed by atoms with E-state index in [-0.39, 0.29) is 12.1 Å². The smallest absolute Gasteiger partial charge is 0.141 e. The van der Waals surface area contributed by atoms with Crippen LogP contribution in [0.1, 0.15) is 36.2 Å². The Morgan fingerprint density at radius 3 is 2.55 bits per heavy atom. The van der Waals surface area contributed by atoms with E-state index in [9.17, 15) is 0 Å². The standard InChI is InChI=1S/C15H14Cl2N2O/c16-9-1-3-10(4-2-9)20-13-7-6-12(18)11-5-8-14(17)19-15(11)13/h1-5,8,12-13H,6-7,18H2. The lowest BCUT2D eigenvalue weighted by Gasteiger charge is -2.29. The first-order chi connectivity index (χ1) is 9.63. The topological polar surface area (TPSA) is 48.1 Å². The summed E-state index contributed by atoms with van der Waals surface area (Å²) in [5, 5.41) is 1.15. The zero-order valence-electron chi connectivity index (χ0n) is 10.7. The van der Waals surface area contributed by atoms with E-state index >= 15 is 0 Å². The van der Waals surface area contributed by atoms with Crippen LogP contribution >= 0.6 is 23.2 Å². The summed E-state index contributed by atoms with van der Waals surface area (Å²) in [4.78, 5) is 4.39. The molecule has 3 rings (SSSR count). The van der Waals surface area contributed by atoms with Gasteiger partial charge in [-0.05, 0) is 48.7 Å². The van der Waals surface area contributed by atoms with E-state index < -0.39 is 0 Å². The Morgan fingerprint density at radius 1 is 1.05 bits per heavy atom. The number of aromatic nitrogens is 1. The summed E-state index contributed by atoms with van der Waals surface area (Å²) >= 11 is 11.9. The maximum Gasteiger partial charge on any atom is 0.141 e. The number of hydrogen-bond acceptors (Lipinski definition) is 3. The summed E-state index contributed by atoms with van der Waals surface area (Å²) in [5.41, 5.74) is 7.97. The normalized spacial score (nSPS) is 21.4. The Hall–Kier alpha value is -1.29. The first kappa shape index (κ1) is 13.7. The highest BCUT2D eigenvalue weighted by Crippen LogP contribution is 2.37. The number of benzene rings is 1. The van der Waals surface area contributed by atoms with Crippen LogP contribution in [0.2, 0.25) is 10.2 Å². The monoisotopic (exact) mass is 308 g/mol. The second-order valence-corrected chi connectivity index (χ2v) is 5.68. The molecule has 0 radical (unpaired) electrons. The number of hydrogen-bond donors (Lipinski definition) is 1. The van der Waals surface area contributed by atoms with Crippen LogP contribution < -0.4 is 10.5 Å². The molecule has 2 atom stereocenters. The maximum absolute atomic E-state index is 6.12. The maximum atomic E-state index is 6.12. The van der Waals surface area contributed by atoms with E-state index in [0.29, 0.717) is 10.2 Å². The van der Waals surface area contributed by atoms with Crippen LogP contribution in [0.3, 0.4) is 0 Å². The lowest BCUT2D eigenvalue weighted by Crippen LogP contribution is -2.24. The van der Waals surface area contributed by atoms with E-state index in [2.05, 4.69) is 4.98 Å². The van der Waals surface area contributed by atoms with Crippen molar-refractivity contribution in [3.8, 4) is 5.75 Å². The van der Waals surface area contributed by atoms with Gasteiger partial charge in [-0.15, -0.1) is 0 Å². The summed E-state index contributed by atoms with van der Waals surface area (Å²) < 4.78 is 6.00. The molecule has 2 N–H and O–H groups in total. The van der Waals surface area contributed by atoms with Crippen molar-refractivity contribution >= 4 is 23.2 Å². The zero-order valence-corrected chi connectivity index (χ0v) is 12.2. The number of halogens is 2. The summed E-state index contributed by atoms with van der Waals surface area (Å²) in [6.07, 6.45) is 1.57. The van der Waals surface area contributed by atoms with Crippen LogP contribution in [0.25, 0.3) is 0 Å². The number of nitrogens with zero attached hydrogens (tertiary/aromatic N) is 1. The predicted molar refractivity (Wildman–Crippen MR) is 80.2 cm³/mol. The molecule has 1 aliphatic rings. The van der Waals surface area contributed by atoms with Gasteiger partial charge in [-0.3, -0.25) is 0 Å². The van der Waals surface area contributed by atoms with Crippen molar-refractivity contribution in [1.82, 2.24) is 4.98 Å². The van der Waals surface area contributed by atoms with Gasteiger partial charge in [0.2, 0.25) is 0 Å². The molecule has 1 aliphatic carbocycles. The second kappa shape index (κ2) is 5.60. The van der Waals surface area contributed by atoms with Gasteiger partial charge < -0.3 is 10.5 Å². The Labute approximate surface area is 127 Å². The third kappa shape index (κ3) is 2.75. The molecule has 3 nitrogen and oxygen atoms in total. The molecule has 1 aromatic carbocycles. The highest BCUT2D eigenvalue weighted by atomic mass is 35.5. The highest BCUT2D eigenvalue weighted by molar-refractivity contribution is 6.30. The lowest BCUT2D eigenvalue weighted by atomic mass is 9.90. The molecule has 0 aliphatic heterocycles. The first-order valence-electron chi connectivity index (χ1n) is 6.47. The van der Waals surface area contributed by atoms with Gasteiger partial charge >= 0.3 is 0 Å².